The topological polar surface area (TPSA) is 49.4 Å². The summed E-state index contributed by atoms with van der Waals surface area (Å²) >= 11 is 0. The molecule has 1 N–H and O–H groups in total. The summed E-state index contributed by atoms with van der Waals surface area (Å²) in [6.45, 7) is 6.48. The van der Waals surface area contributed by atoms with Gasteiger partial charge in [-0.05, 0) is 62.6 Å². The van der Waals surface area contributed by atoms with Crippen LogP contribution in [0.5, 0.6) is 0 Å². The maximum Gasteiger partial charge on any atom is 0.254 e. The Labute approximate surface area is 142 Å². The zero-order valence-corrected chi connectivity index (χ0v) is 14.3. The van der Waals surface area contributed by atoms with Gasteiger partial charge in [0.05, 0.1) is 0 Å². The first-order valence-electron chi connectivity index (χ1n) is 8.17. The normalized spacial score (nSPS) is 19.5. The summed E-state index contributed by atoms with van der Waals surface area (Å²) in [5.74, 6) is -0.235. The van der Waals surface area contributed by atoms with E-state index in [1.807, 2.05) is 57.2 Å². The van der Waals surface area contributed by atoms with Gasteiger partial charge in [-0.25, -0.2) is 0 Å². The molecule has 0 radical (unpaired) electrons. The lowest BCUT2D eigenvalue weighted by atomic mass is 9.84. The fourth-order valence-corrected chi connectivity index (χ4v) is 2.94. The van der Waals surface area contributed by atoms with Crippen molar-refractivity contribution in [2.45, 2.75) is 32.7 Å². The highest BCUT2D eigenvalue weighted by atomic mass is 16.2. The molecule has 1 heterocycles. The molecule has 0 aliphatic carbocycles. The third-order valence-electron chi connectivity index (χ3n) is 4.94. The van der Waals surface area contributed by atoms with Gasteiger partial charge in [0.1, 0.15) is 5.54 Å². The Morgan fingerprint density at radius 1 is 1.04 bits per heavy atom. The number of likely N-dealkylation sites (tertiary alicyclic amines) is 1. The molecule has 124 valence electrons. The summed E-state index contributed by atoms with van der Waals surface area (Å²) in [5.41, 5.74) is 2.89. The average molecular weight is 322 g/mol. The van der Waals surface area contributed by atoms with Crippen molar-refractivity contribution in [2.24, 2.45) is 0 Å². The van der Waals surface area contributed by atoms with Crippen molar-refractivity contribution in [1.82, 2.24) is 4.90 Å². The first-order chi connectivity index (χ1) is 11.4. The van der Waals surface area contributed by atoms with Gasteiger partial charge in [-0.3, -0.25) is 9.59 Å². The Morgan fingerprint density at radius 3 is 2.33 bits per heavy atom. The van der Waals surface area contributed by atoms with E-state index in [2.05, 4.69) is 5.32 Å². The SMILES string of the molecule is Cc1ccc(NC(=O)C2(C)CCN2C(=O)c2ccccc2)cc1C. The van der Waals surface area contributed by atoms with Gasteiger partial charge in [0, 0.05) is 17.8 Å². The molecular weight excluding hydrogens is 300 g/mol. The van der Waals surface area contributed by atoms with Crippen molar-refractivity contribution in [3.05, 3.63) is 65.2 Å². The number of carbonyl (C=O) groups excluding carboxylic acids is 2. The number of carbonyl (C=O) groups is 2. The number of benzene rings is 2. The molecule has 3 rings (SSSR count). The summed E-state index contributed by atoms with van der Waals surface area (Å²) in [7, 11) is 0. The molecule has 0 aromatic heterocycles. The maximum atomic E-state index is 12.8. The van der Waals surface area contributed by atoms with Gasteiger partial charge in [-0.15, -0.1) is 0 Å². The van der Waals surface area contributed by atoms with Crippen LogP contribution in [0.4, 0.5) is 5.69 Å². The number of amides is 2. The zero-order valence-electron chi connectivity index (χ0n) is 14.3. The number of nitrogens with one attached hydrogen (secondary N) is 1. The van der Waals surface area contributed by atoms with Gasteiger partial charge in [0.25, 0.3) is 5.91 Å². The molecule has 24 heavy (non-hydrogen) atoms. The number of anilines is 1. The number of rotatable bonds is 3. The van der Waals surface area contributed by atoms with E-state index in [4.69, 9.17) is 0 Å². The second-order valence-corrected chi connectivity index (χ2v) is 6.60. The largest absolute Gasteiger partial charge is 0.324 e. The molecule has 1 aliphatic rings. The van der Waals surface area contributed by atoms with E-state index in [1.54, 1.807) is 17.0 Å². The van der Waals surface area contributed by atoms with Gasteiger partial charge in [-0.2, -0.15) is 0 Å². The second kappa shape index (κ2) is 6.11. The van der Waals surface area contributed by atoms with Crippen LogP contribution in [-0.4, -0.2) is 28.8 Å². The Hall–Kier alpha value is -2.62. The van der Waals surface area contributed by atoms with E-state index in [-0.39, 0.29) is 11.8 Å². The molecule has 1 aliphatic heterocycles. The summed E-state index contributed by atoms with van der Waals surface area (Å²) in [5, 5.41) is 2.96. The fourth-order valence-electron chi connectivity index (χ4n) is 2.94. The minimum absolute atomic E-state index is 0.0976. The molecule has 0 spiro atoms. The number of nitrogens with zero attached hydrogens (tertiary/aromatic N) is 1. The summed E-state index contributed by atoms with van der Waals surface area (Å²) in [4.78, 5) is 27.0. The standard InChI is InChI=1S/C20H22N2O2/c1-14-9-10-17(13-15(14)2)21-19(24)20(3)11-12-22(20)18(23)16-7-5-4-6-8-16/h4-10,13H,11-12H2,1-3H3,(H,21,24). The lowest BCUT2D eigenvalue weighted by Gasteiger charge is -2.49. The molecule has 4 heteroatoms. The molecule has 1 unspecified atom stereocenters. The third kappa shape index (κ3) is 2.80. The smallest absolute Gasteiger partial charge is 0.254 e. The van der Waals surface area contributed by atoms with Gasteiger partial charge in [-0.1, -0.05) is 24.3 Å². The van der Waals surface area contributed by atoms with Crippen molar-refractivity contribution in [2.75, 3.05) is 11.9 Å². The maximum absolute atomic E-state index is 12.8. The molecule has 1 atom stereocenters. The van der Waals surface area contributed by atoms with Gasteiger partial charge >= 0.3 is 0 Å². The number of aryl methyl sites for hydroxylation is 2. The number of hydrogen-bond donors (Lipinski definition) is 1. The molecular formula is C20H22N2O2. The van der Waals surface area contributed by atoms with Crippen LogP contribution in [0.25, 0.3) is 0 Å². The molecule has 4 nitrogen and oxygen atoms in total. The lowest BCUT2D eigenvalue weighted by molar-refractivity contribution is -0.132. The van der Waals surface area contributed by atoms with Crippen LogP contribution in [0.2, 0.25) is 0 Å². The Kier molecular flexibility index (Phi) is 4.14. The van der Waals surface area contributed by atoms with E-state index < -0.39 is 5.54 Å². The van der Waals surface area contributed by atoms with Crippen LogP contribution in [0.3, 0.4) is 0 Å². The fraction of sp³-hybridized carbons (Fsp3) is 0.300. The van der Waals surface area contributed by atoms with Crippen LogP contribution in [0.15, 0.2) is 48.5 Å². The zero-order chi connectivity index (χ0) is 17.3. The van der Waals surface area contributed by atoms with Crippen molar-refractivity contribution in [3.8, 4) is 0 Å². The van der Waals surface area contributed by atoms with Crippen LogP contribution >= 0.6 is 0 Å². The molecule has 0 saturated carbocycles. The van der Waals surface area contributed by atoms with Gasteiger partial charge in [0.2, 0.25) is 5.91 Å². The predicted octanol–water partition coefficient (Wildman–Crippen LogP) is 3.55. The Balaban J connectivity index is 1.76. The molecule has 1 fully saturated rings. The highest BCUT2D eigenvalue weighted by Gasteiger charge is 2.49. The molecule has 2 amide bonds. The van der Waals surface area contributed by atoms with Crippen molar-refractivity contribution in [3.63, 3.8) is 0 Å². The van der Waals surface area contributed by atoms with E-state index in [9.17, 15) is 9.59 Å². The van der Waals surface area contributed by atoms with Gasteiger partial charge in [0.15, 0.2) is 0 Å². The summed E-state index contributed by atoms with van der Waals surface area (Å²) < 4.78 is 0. The Morgan fingerprint density at radius 2 is 1.75 bits per heavy atom. The van der Waals surface area contributed by atoms with E-state index in [0.717, 1.165) is 11.3 Å². The first-order valence-corrected chi connectivity index (χ1v) is 8.17. The van der Waals surface area contributed by atoms with E-state index >= 15 is 0 Å². The van der Waals surface area contributed by atoms with E-state index in [0.29, 0.717) is 18.5 Å². The van der Waals surface area contributed by atoms with Crippen LogP contribution < -0.4 is 5.32 Å². The van der Waals surface area contributed by atoms with Crippen LogP contribution in [0.1, 0.15) is 34.8 Å². The molecule has 2 aromatic rings. The number of hydrogen-bond acceptors (Lipinski definition) is 2. The highest BCUT2D eigenvalue weighted by Crippen LogP contribution is 2.33. The predicted molar refractivity (Wildman–Crippen MR) is 95.0 cm³/mol. The second-order valence-electron chi connectivity index (χ2n) is 6.60. The van der Waals surface area contributed by atoms with Crippen molar-refractivity contribution in [1.29, 1.82) is 0 Å². The van der Waals surface area contributed by atoms with Crippen molar-refractivity contribution >= 4 is 17.5 Å². The van der Waals surface area contributed by atoms with Crippen molar-refractivity contribution < 1.29 is 9.59 Å². The summed E-state index contributed by atoms with van der Waals surface area (Å²) in [6, 6.07) is 14.9. The first kappa shape index (κ1) is 16.2. The summed E-state index contributed by atoms with van der Waals surface area (Å²) in [6.07, 6.45) is 0.669. The Bertz CT molecular complexity index is 785. The molecule has 1 saturated heterocycles. The highest BCUT2D eigenvalue weighted by molar-refractivity contribution is 6.04. The monoisotopic (exact) mass is 322 g/mol. The van der Waals surface area contributed by atoms with Crippen LogP contribution in [0, 0.1) is 13.8 Å². The quantitative estimate of drug-likeness (QED) is 0.939. The molecule has 2 aromatic carbocycles. The minimum atomic E-state index is -0.800. The lowest BCUT2D eigenvalue weighted by Crippen LogP contribution is -2.66. The van der Waals surface area contributed by atoms with E-state index in [1.165, 1.54) is 5.56 Å². The minimum Gasteiger partial charge on any atom is -0.324 e. The molecule has 0 bridgehead atoms. The average Bonchev–Trinajstić information content (AvgIpc) is 2.57. The van der Waals surface area contributed by atoms with Gasteiger partial charge < -0.3 is 10.2 Å². The van der Waals surface area contributed by atoms with Crippen LogP contribution in [-0.2, 0) is 4.79 Å². The third-order valence-corrected chi connectivity index (χ3v) is 4.94.